The Kier molecular flexibility index (Phi) is 31.8. The van der Waals surface area contributed by atoms with Crippen LogP contribution in [0, 0.1) is 13.8 Å². The largest absolute Gasteiger partial charge is 0.0991 e. The molecule has 0 fully saturated rings. The van der Waals surface area contributed by atoms with Crippen LogP contribution in [0.25, 0.3) is 0 Å². The monoisotopic (exact) mass is 304 g/mol. The van der Waals surface area contributed by atoms with Crippen molar-refractivity contribution in [1.29, 1.82) is 0 Å². The molecule has 128 valence electrons. The predicted molar refractivity (Wildman–Crippen MR) is 109 cm³/mol. The second-order valence-electron chi connectivity index (χ2n) is 3.95. The van der Waals surface area contributed by atoms with E-state index in [1.165, 1.54) is 16.7 Å². The molecule has 0 heterocycles. The SMILES string of the molecule is C=C/C=C(/C)C(=C)C.CC.CC.CC.Cc1ccccc1C. The lowest BCUT2D eigenvalue weighted by molar-refractivity contribution is 1.34. The van der Waals surface area contributed by atoms with Gasteiger partial charge in [-0.25, -0.2) is 0 Å². The minimum atomic E-state index is 1.10. The third kappa shape index (κ3) is 20.8. The second-order valence-corrected chi connectivity index (χ2v) is 3.95. The van der Waals surface area contributed by atoms with Crippen molar-refractivity contribution < 1.29 is 0 Å². The molecule has 22 heavy (non-hydrogen) atoms. The highest BCUT2D eigenvalue weighted by Crippen LogP contribution is 2.03. The smallest absolute Gasteiger partial charge is 0.0395 e. The first-order chi connectivity index (χ1) is 10.5. The number of hydrogen-bond acceptors (Lipinski definition) is 0. The molecule has 0 radical (unpaired) electrons. The molecule has 0 N–H and O–H groups in total. The van der Waals surface area contributed by atoms with Gasteiger partial charge in [0.05, 0.1) is 0 Å². The van der Waals surface area contributed by atoms with E-state index >= 15 is 0 Å². The summed E-state index contributed by atoms with van der Waals surface area (Å²) in [4.78, 5) is 0. The van der Waals surface area contributed by atoms with Crippen LogP contribution in [0.5, 0.6) is 0 Å². The van der Waals surface area contributed by atoms with Crippen molar-refractivity contribution in [2.75, 3.05) is 0 Å². The fourth-order valence-corrected chi connectivity index (χ4v) is 0.982. The molecule has 1 aromatic carbocycles. The van der Waals surface area contributed by atoms with Crippen LogP contribution in [0.2, 0.25) is 0 Å². The van der Waals surface area contributed by atoms with Crippen molar-refractivity contribution >= 4 is 0 Å². The second kappa shape index (κ2) is 24.5. The van der Waals surface area contributed by atoms with Gasteiger partial charge in [-0.3, -0.25) is 0 Å². The average molecular weight is 305 g/mol. The Labute approximate surface area is 141 Å². The molecule has 0 saturated heterocycles. The number of rotatable bonds is 2. The molecule has 1 aromatic rings. The first kappa shape index (κ1) is 28.6. The van der Waals surface area contributed by atoms with Crippen molar-refractivity contribution in [1.82, 2.24) is 0 Å². The Bertz CT molecular complexity index is 360. The number of benzene rings is 1. The Morgan fingerprint density at radius 1 is 0.818 bits per heavy atom. The summed E-state index contributed by atoms with van der Waals surface area (Å²) in [5.41, 5.74) is 5.03. The van der Waals surface area contributed by atoms with Crippen molar-refractivity contribution in [2.45, 2.75) is 69.2 Å². The number of hydrogen-bond donors (Lipinski definition) is 0. The fraction of sp³-hybridized carbons (Fsp3) is 0.455. The maximum Gasteiger partial charge on any atom is -0.0395 e. The lowest BCUT2D eigenvalue weighted by Crippen LogP contribution is -1.74. The van der Waals surface area contributed by atoms with Gasteiger partial charge in [0.2, 0.25) is 0 Å². The lowest BCUT2D eigenvalue weighted by Gasteiger charge is -1.93. The van der Waals surface area contributed by atoms with E-state index in [-0.39, 0.29) is 0 Å². The Morgan fingerprint density at radius 2 is 1.14 bits per heavy atom. The van der Waals surface area contributed by atoms with Crippen LogP contribution in [-0.2, 0) is 0 Å². The van der Waals surface area contributed by atoms with Gasteiger partial charge in [-0.05, 0) is 44.4 Å². The van der Waals surface area contributed by atoms with Gasteiger partial charge in [0.15, 0.2) is 0 Å². The van der Waals surface area contributed by atoms with Crippen molar-refractivity contribution in [2.24, 2.45) is 0 Å². The lowest BCUT2D eigenvalue weighted by atomic mass is 10.1. The van der Waals surface area contributed by atoms with Gasteiger partial charge in [0.25, 0.3) is 0 Å². The van der Waals surface area contributed by atoms with Crippen LogP contribution in [-0.4, -0.2) is 0 Å². The highest BCUT2D eigenvalue weighted by atomic mass is 13.9. The molecular formula is C22H40. The van der Waals surface area contributed by atoms with Gasteiger partial charge in [-0.1, -0.05) is 96.7 Å². The molecular weight excluding hydrogens is 264 g/mol. The zero-order valence-electron chi connectivity index (χ0n) is 16.9. The van der Waals surface area contributed by atoms with Crippen molar-refractivity contribution in [3.05, 3.63) is 71.8 Å². The van der Waals surface area contributed by atoms with E-state index in [1.54, 1.807) is 6.08 Å². The number of allylic oxidation sites excluding steroid dienone is 4. The molecule has 0 atom stereocenters. The fourth-order valence-electron chi connectivity index (χ4n) is 0.982. The van der Waals surface area contributed by atoms with Gasteiger partial charge in [0, 0.05) is 0 Å². The van der Waals surface area contributed by atoms with Gasteiger partial charge in [-0.2, -0.15) is 0 Å². The standard InChI is InChI=1S/C8H10.C8H12.3C2H6/c1-7-5-3-4-6-8(7)2;1-5-6-8(4)7(2)3;3*1-2/h3-6H,1-2H3;5-6H,1-2H2,3-4H3;3*1-2H3/b;8-6-;;;. The maximum absolute atomic E-state index is 3.76. The molecule has 0 spiro atoms. The zero-order chi connectivity index (χ0) is 18.6. The van der Waals surface area contributed by atoms with Gasteiger partial charge in [-0.15, -0.1) is 0 Å². The van der Waals surface area contributed by atoms with E-state index in [4.69, 9.17) is 0 Å². The summed E-state index contributed by atoms with van der Waals surface area (Å²) < 4.78 is 0. The predicted octanol–water partition coefficient (Wildman–Crippen LogP) is 8.08. The maximum atomic E-state index is 3.76. The summed E-state index contributed by atoms with van der Waals surface area (Å²) in [5.74, 6) is 0. The molecule has 0 unspecified atom stereocenters. The third-order valence-electron chi connectivity index (χ3n) is 2.47. The topological polar surface area (TPSA) is 0 Å². The van der Waals surface area contributed by atoms with Crippen LogP contribution in [0.3, 0.4) is 0 Å². The van der Waals surface area contributed by atoms with E-state index < -0.39 is 0 Å². The van der Waals surface area contributed by atoms with E-state index in [9.17, 15) is 0 Å². The molecule has 0 amide bonds. The van der Waals surface area contributed by atoms with Crippen molar-refractivity contribution in [3.63, 3.8) is 0 Å². The van der Waals surface area contributed by atoms with Gasteiger partial charge >= 0.3 is 0 Å². The van der Waals surface area contributed by atoms with E-state index in [0.717, 1.165) is 5.57 Å². The zero-order valence-corrected chi connectivity index (χ0v) is 16.9. The minimum absolute atomic E-state index is 1.10. The van der Waals surface area contributed by atoms with Gasteiger partial charge in [0.1, 0.15) is 0 Å². The highest BCUT2D eigenvalue weighted by molar-refractivity contribution is 5.26. The van der Waals surface area contributed by atoms with Crippen LogP contribution in [0.15, 0.2) is 60.7 Å². The van der Waals surface area contributed by atoms with E-state index in [0.29, 0.717) is 0 Å². The molecule has 0 aliphatic heterocycles. The summed E-state index contributed by atoms with van der Waals surface area (Å²) in [6.07, 6.45) is 3.71. The minimum Gasteiger partial charge on any atom is -0.0991 e. The Hall–Kier alpha value is -1.56. The van der Waals surface area contributed by atoms with Crippen LogP contribution in [0.4, 0.5) is 0 Å². The summed E-state index contributed by atoms with van der Waals surface area (Å²) in [5, 5.41) is 0. The summed E-state index contributed by atoms with van der Waals surface area (Å²) in [6.45, 7) is 27.6. The molecule has 0 saturated carbocycles. The molecule has 0 aromatic heterocycles. The highest BCUT2D eigenvalue weighted by Gasteiger charge is 1.84. The molecule has 0 bridgehead atoms. The van der Waals surface area contributed by atoms with Crippen LogP contribution < -0.4 is 0 Å². The third-order valence-corrected chi connectivity index (χ3v) is 2.47. The normalized spacial score (nSPS) is 8.18. The van der Waals surface area contributed by atoms with Gasteiger partial charge < -0.3 is 0 Å². The average Bonchev–Trinajstić information content (AvgIpc) is 2.57. The first-order valence-electron chi connectivity index (χ1n) is 8.46. The summed E-state index contributed by atoms with van der Waals surface area (Å²) in [6, 6.07) is 8.36. The van der Waals surface area contributed by atoms with Crippen LogP contribution in [0.1, 0.15) is 66.5 Å². The summed E-state index contributed by atoms with van der Waals surface area (Å²) >= 11 is 0. The quantitative estimate of drug-likeness (QED) is 0.484. The van der Waals surface area contributed by atoms with Crippen molar-refractivity contribution in [3.8, 4) is 0 Å². The number of aryl methyl sites for hydroxylation is 2. The molecule has 0 aliphatic rings. The van der Waals surface area contributed by atoms with E-state index in [1.807, 2.05) is 61.5 Å². The molecule has 0 aliphatic carbocycles. The Balaban J connectivity index is -0.000000110. The Morgan fingerprint density at radius 3 is 1.27 bits per heavy atom. The molecule has 0 nitrogen and oxygen atoms in total. The summed E-state index contributed by atoms with van der Waals surface area (Å²) in [7, 11) is 0. The molecule has 1 rings (SSSR count). The van der Waals surface area contributed by atoms with Crippen LogP contribution >= 0.6 is 0 Å². The molecule has 0 heteroatoms. The first-order valence-corrected chi connectivity index (χ1v) is 8.46. The van der Waals surface area contributed by atoms with E-state index in [2.05, 4.69) is 51.3 Å².